The van der Waals surface area contributed by atoms with Crippen molar-refractivity contribution in [2.24, 2.45) is 0 Å². The lowest BCUT2D eigenvalue weighted by Gasteiger charge is -2.32. The zero-order chi connectivity index (χ0) is 12.4. The molecule has 0 radical (unpaired) electrons. The van der Waals surface area contributed by atoms with Gasteiger partial charge in [0.25, 0.3) is 0 Å². The van der Waals surface area contributed by atoms with Crippen LogP contribution in [0, 0.1) is 0 Å². The molecular weight excluding hydrogens is 221 g/mol. The van der Waals surface area contributed by atoms with E-state index in [0.29, 0.717) is 0 Å². The van der Waals surface area contributed by atoms with Crippen LogP contribution in [0.4, 0.5) is 0 Å². The van der Waals surface area contributed by atoms with Crippen LogP contribution in [0.25, 0.3) is 0 Å². The van der Waals surface area contributed by atoms with Gasteiger partial charge in [-0.25, -0.2) is 0 Å². The largest absolute Gasteiger partial charge is 0.481 e. The van der Waals surface area contributed by atoms with E-state index < -0.39 is 19.2 Å². The molecule has 2 unspecified atom stereocenters. The van der Waals surface area contributed by atoms with E-state index in [-0.39, 0.29) is 12.4 Å². The quantitative estimate of drug-likeness (QED) is 0.665. The van der Waals surface area contributed by atoms with Gasteiger partial charge < -0.3 is 20.1 Å². The van der Waals surface area contributed by atoms with Gasteiger partial charge >= 0.3 is 13.1 Å². The molecule has 0 aliphatic carbocycles. The van der Waals surface area contributed by atoms with Crippen molar-refractivity contribution in [1.29, 1.82) is 0 Å². The molecule has 2 rings (SSSR count). The fourth-order valence-corrected chi connectivity index (χ4v) is 2.18. The lowest BCUT2D eigenvalue weighted by Crippen LogP contribution is -2.41. The van der Waals surface area contributed by atoms with Crippen LogP contribution < -0.4 is 5.32 Å². The second-order valence-electron chi connectivity index (χ2n) is 4.01. The van der Waals surface area contributed by atoms with Crippen molar-refractivity contribution >= 4 is 13.1 Å². The summed E-state index contributed by atoms with van der Waals surface area (Å²) in [6, 6.07) is 7.40. The highest BCUT2D eigenvalue weighted by molar-refractivity contribution is 6.45. The van der Waals surface area contributed by atoms with Crippen molar-refractivity contribution in [2.45, 2.75) is 18.5 Å². The van der Waals surface area contributed by atoms with E-state index in [1.807, 2.05) is 24.3 Å². The van der Waals surface area contributed by atoms with Gasteiger partial charge in [-0.3, -0.25) is 4.79 Å². The van der Waals surface area contributed by atoms with Gasteiger partial charge in [0, 0.05) is 0 Å². The zero-order valence-corrected chi connectivity index (χ0v) is 9.46. The monoisotopic (exact) mass is 235 g/mol. The molecule has 0 fully saturated rings. The Hall–Kier alpha value is -1.37. The number of nitrogens with one attached hydrogen (secondary N) is 1. The average Bonchev–Trinajstić information content (AvgIpc) is 2.28. The number of hydrogen-bond acceptors (Lipinski definition) is 4. The maximum Gasteiger partial charge on any atom is 0.477 e. The van der Waals surface area contributed by atoms with Crippen molar-refractivity contribution in [3.05, 3.63) is 35.4 Å². The van der Waals surface area contributed by atoms with E-state index in [4.69, 9.17) is 9.76 Å². The lowest BCUT2D eigenvalue weighted by molar-refractivity contribution is -0.139. The van der Waals surface area contributed by atoms with Crippen LogP contribution in [-0.4, -0.2) is 30.3 Å². The van der Waals surface area contributed by atoms with E-state index in [2.05, 4.69) is 5.32 Å². The summed E-state index contributed by atoms with van der Waals surface area (Å²) < 4.78 is 5.34. The van der Waals surface area contributed by atoms with E-state index in [9.17, 15) is 9.82 Å². The number of rotatable bonds is 3. The van der Waals surface area contributed by atoms with Gasteiger partial charge in [0.05, 0.1) is 18.5 Å². The average molecular weight is 235 g/mol. The van der Waals surface area contributed by atoms with Crippen molar-refractivity contribution in [1.82, 2.24) is 5.32 Å². The van der Waals surface area contributed by atoms with Gasteiger partial charge in [-0.1, -0.05) is 24.3 Å². The molecule has 0 aromatic heterocycles. The third kappa shape index (κ3) is 2.33. The molecule has 0 amide bonds. The van der Waals surface area contributed by atoms with Crippen molar-refractivity contribution < 1.29 is 19.6 Å². The smallest absolute Gasteiger partial charge is 0.477 e. The minimum absolute atomic E-state index is 0.148. The summed E-state index contributed by atoms with van der Waals surface area (Å²) in [7, 11) is 0.699. The van der Waals surface area contributed by atoms with Gasteiger partial charge in [0.2, 0.25) is 0 Å². The van der Waals surface area contributed by atoms with Crippen LogP contribution in [0.3, 0.4) is 0 Å². The van der Waals surface area contributed by atoms with Crippen molar-refractivity contribution in [3.8, 4) is 0 Å². The topological polar surface area (TPSA) is 78.8 Å². The Morgan fingerprint density at radius 3 is 2.71 bits per heavy atom. The van der Waals surface area contributed by atoms with E-state index in [0.717, 1.165) is 11.1 Å². The molecule has 1 aromatic rings. The van der Waals surface area contributed by atoms with Gasteiger partial charge in [0.1, 0.15) is 0 Å². The predicted octanol–water partition coefficient (Wildman–Crippen LogP) is 0.513. The molecule has 0 saturated carbocycles. The summed E-state index contributed by atoms with van der Waals surface area (Å²) >= 11 is 0. The molecule has 1 heterocycles. The number of carboxylic acids is 1. The molecular formula is C11H14BNO4. The minimum Gasteiger partial charge on any atom is -0.481 e. The Kier molecular flexibility index (Phi) is 3.47. The highest BCUT2D eigenvalue weighted by atomic mass is 16.5. The van der Waals surface area contributed by atoms with Crippen LogP contribution >= 0.6 is 0 Å². The molecule has 0 bridgehead atoms. The summed E-state index contributed by atoms with van der Waals surface area (Å²) in [5.74, 6) is -1.27. The Balaban J connectivity index is 2.37. The number of carbonyl (C=O) groups is 1. The molecule has 0 saturated heterocycles. The number of hydrogen-bond donors (Lipinski definition) is 3. The zero-order valence-electron chi connectivity index (χ0n) is 9.46. The second-order valence-corrected chi connectivity index (χ2v) is 4.01. The molecule has 5 nitrogen and oxygen atoms in total. The molecule has 0 spiro atoms. The van der Waals surface area contributed by atoms with Crippen LogP contribution in [0.15, 0.2) is 24.3 Å². The molecule has 1 aromatic carbocycles. The Labute approximate surface area is 99.6 Å². The van der Waals surface area contributed by atoms with Gasteiger partial charge in [-0.15, -0.1) is 0 Å². The van der Waals surface area contributed by atoms with Crippen molar-refractivity contribution in [3.63, 3.8) is 0 Å². The standard InChI is InChI=1S/C11H14BNO4/c1-13-11-8-5-3-2-4-7(8)9(6-10(14)15)17-12(11)16/h2-5,9,11,13,16H,6H2,1H3,(H,14,15). The second kappa shape index (κ2) is 4.87. The molecule has 17 heavy (non-hydrogen) atoms. The first-order valence-electron chi connectivity index (χ1n) is 5.45. The first-order chi connectivity index (χ1) is 8.13. The highest BCUT2D eigenvalue weighted by Crippen LogP contribution is 2.35. The number of fused-ring (bicyclic) bond motifs is 1. The lowest BCUT2D eigenvalue weighted by atomic mass is 9.69. The number of aliphatic carboxylic acids is 1. The normalized spacial score (nSPS) is 23.3. The predicted molar refractivity (Wildman–Crippen MR) is 62.3 cm³/mol. The van der Waals surface area contributed by atoms with Gasteiger partial charge in [-0.05, 0) is 18.2 Å². The Bertz CT molecular complexity index is 426. The SMILES string of the molecule is CNC1B(O)OC(CC(=O)O)c2ccccc21. The van der Waals surface area contributed by atoms with E-state index in [1.165, 1.54) is 0 Å². The van der Waals surface area contributed by atoms with Gasteiger partial charge in [-0.2, -0.15) is 0 Å². The van der Waals surface area contributed by atoms with Crippen LogP contribution in [0.5, 0.6) is 0 Å². The summed E-state index contributed by atoms with van der Waals surface area (Å²) in [6.07, 6.45) is -0.742. The van der Waals surface area contributed by atoms with E-state index in [1.54, 1.807) is 7.05 Å². The van der Waals surface area contributed by atoms with Gasteiger partial charge in [0.15, 0.2) is 0 Å². The molecule has 1 aliphatic heterocycles. The highest BCUT2D eigenvalue weighted by Gasteiger charge is 2.38. The Morgan fingerprint density at radius 2 is 2.12 bits per heavy atom. The third-order valence-electron chi connectivity index (χ3n) is 2.94. The first kappa shape index (κ1) is 12.1. The first-order valence-corrected chi connectivity index (χ1v) is 5.45. The summed E-state index contributed by atoms with van der Waals surface area (Å²) in [5.41, 5.74) is 1.71. The fraction of sp³-hybridized carbons (Fsp3) is 0.364. The third-order valence-corrected chi connectivity index (χ3v) is 2.94. The molecule has 1 aliphatic rings. The molecule has 3 N–H and O–H groups in total. The van der Waals surface area contributed by atoms with Crippen LogP contribution in [-0.2, 0) is 9.45 Å². The number of carboxylic acid groups (broad SMARTS) is 1. The summed E-state index contributed by atoms with van der Waals surface area (Å²) in [4.78, 5) is 10.8. The summed E-state index contributed by atoms with van der Waals surface area (Å²) in [6.45, 7) is 0. The maximum atomic E-state index is 10.8. The minimum atomic E-state index is -1.03. The molecule has 2 atom stereocenters. The van der Waals surface area contributed by atoms with Crippen LogP contribution in [0.2, 0.25) is 0 Å². The van der Waals surface area contributed by atoms with Crippen LogP contribution in [0.1, 0.15) is 29.6 Å². The maximum absolute atomic E-state index is 10.8. The summed E-state index contributed by atoms with van der Waals surface area (Å²) in [5, 5.41) is 21.6. The molecule has 90 valence electrons. The fourth-order valence-electron chi connectivity index (χ4n) is 2.18. The molecule has 6 heteroatoms. The van der Waals surface area contributed by atoms with E-state index >= 15 is 0 Å². The Morgan fingerprint density at radius 1 is 1.47 bits per heavy atom. The number of benzene rings is 1. The van der Waals surface area contributed by atoms with Crippen molar-refractivity contribution in [2.75, 3.05) is 7.05 Å².